The van der Waals surface area contributed by atoms with Crippen molar-refractivity contribution in [2.45, 2.75) is 25.2 Å². The van der Waals surface area contributed by atoms with Gasteiger partial charge in [0.05, 0.1) is 23.8 Å². The Labute approximate surface area is 187 Å². The van der Waals surface area contributed by atoms with Gasteiger partial charge in [-0.2, -0.15) is 0 Å². The Kier molecular flexibility index (Phi) is 6.05. The molecule has 0 spiro atoms. The summed E-state index contributed by atoms with van der Waals surface area (Å²) < 4.78 is 39.5. The third kappa shape index (κ3) is 4.70. The number of sulfonamides is 1. The summed E-state index contributed by atoms with van der Waals surface area (Å²) in [6.07, 6.45) is 0.781. The fourth-order valence-corrected chi connectivity index (χ4v) is 4.60. The number of anilines is 2. The molecular weight excluding hydrogens is 428 g/mol. The van der Waals surface area contributed by atoms with Crippen LogP contribution in [-0.2, 0) is 10.0 Å². The van der Waals surface area contributed by atoms with E-state index in [4.69, 9.17) is 9.47 Å². The number of aryl methyl sites for hydroxylation is 2. The van der Waals surface area contributed by atoms with E-state index in [1.807, 2.05) is 32.0 Å². The molecule has 0 radical (unpaired) electrons. The molecule has 3 aromatic carbocycles. The molecule has 0 unspecified atom stereocenters. The predicted octanol–water partition coefficient (Wildman–Crippen LogP) is 4.52. The van der Waals surface area contributed by atoms with Crippen LogP contribution >= 0.6 is 0 Å². The first-order valence-electron chi connectivity index (χ1n) is 10.2. The molecule has 1 aliphatic heterocycles. The maximum atomic E-state index is 12.8. The number of ether oxygens (including phenoxy) is 2. The Morgan fingerprint density at radius 3 is 2.22 bits per heavy atom. The van der Waals surface area contributed by atoms with Crippen molar-refractivity contribution < 1.29 is 22.7 Å². The molecule has 166 valence electrons. The minimum absolute atomic E-state index is 0.105. The SMILES string of the molecule is Cc1cccc(C)c1NS(=O)(=O)c1ccc(NC(=O)c2ccc3c(c2)OCCCO3)cc1. The zero-order valence-corrected chi connectivity index (χ0v) is 18.7. The van der Waals surface area contributed by atoms with E-state index in [1.54, 1.807) is 30.3 Å². The summed E-state index contributed by atoms with van der Waals surface area (Å²) in [7, 11) is -3.76. The highest BCUT2D eigenvalue weighted by molar-refractivity contribution is 7.92. The molecule has 0 saturated carbocycles. The molecule has 4 rings (SSSR count). The van der Waals surface area contributed by atoms with Crippen LogP contribution in [0.5, 0.6) is 11.5 Å². The monoisotopic (exact) mass is 452 g/mol. The Morgan fingerprint density at radius 2 is 1.53 bits per heavy atom. The van der Waals surface area contributed by atoms with E-state index in [1.165, 1.54) is 12.1 Å². The van der Waals surface area contributed by atoms with Gasteiger partial charge in [-0.15, -0.1) is 0 Å². The second kappa shape index (κ2) is 8.92. The molecule has 0 atom stereocenters. The quantitative estimate of drug-likeness (QED) is 0.594. The summed E-state index contributed by atoms with van der Waals surface area (Å²) in [5.74, 6) is 0.823. The normalized spacial score (nSPS) is 13.2. The van der Waals surface area contributed by atoms with Gasteiger partial charge in [0, 0.05) is 17.7 Å². The minimum Gasteiger partial charge on any atom is -0.490 e. The van der Waals surface area contributed by atoms with Crippen LogP contribution in [0.15, 0.2) is 65.6 Å². The van der Waals surface area contributed by atoms with Gasteiger partial charge in [0.2, 0.25) is 0 Å². The molecule has 0 aliphatic carbocycles. The average molecular weight is 453 g/mol. The molecule has 7 nitrogen and oxygen atoms in total. The zero-order chi connectivity index (χ0) is 22.7. The lowest BCUT2D eigenvalue weighted by Crippen LogP contribution is -2.15. The number of hydrogen-bond donors (Lipinski definition) is 2. The molecule has 0 bridgehead atoms. The third-order valence-corrected chi connectivity index (χ3v) is 6.52. The van der Waals surface area contributed by atoms with Crippen molar-refractivity contribution in [2.75, 3.05) is 23.3 Å². The number of carbonyl (C=O) groups is 1. The molecule has 8 heteroatoms. The van der Waals surface area contributed by atoms with Gasteiger partial charge >= 0.3 is 0 Å². The van der Waals surface area contributed by atoms with E-state index in [9.17, 15) is 13.2 Å². The van der Waals surface area contributed by atoms with E-state index >= 15 is 0 Å². The van der Waals surface area contributed by atoms with Crippen LogP contribution in [-0.4, -0.2) is 27.5 Å². The summed E-state index contributed by atoms with van der Waals surface area (Å²) in [5, 5.41) is 2.78. The van der Waals surface area contributed by atoms with E-state index in [0.29, 0.717) is 41.7 Å². The Hall–Kier alpha value is -3.52. The molecule has 0 saturated heterocycles. The van der Waals surface area contributed by atoms with Gasteiger partial charge in [-0.05, 0) is 67.4 Å². The van der Waals surface area contributed by atoms with Crippen molar-refractivity contribution in [1.29, 1.82) is 0 Å². The van der Waals surface area contributed by atoms with Gasteiger partial charge in [0.25, 0.3) is 15.9 Å². The molecule has 2 N–H and O–H groups in total. The lowest BCUT2D eigenvalue weighted by molar-refractivity contribution is 0.102. The molecule has 1 amide bonds. The summed E-state index contributed by atoms with van der Waals surface area (Å²) in [4.78, 5) is 12.8. The number of rotatable bonds is 5. The fraction of sp³-hybridized carbons (Fsp3) is 0.208. The average Bonchev–Trinajstić information content (AvgIpc) is 3.02. The van der Waals surface area contributed by atoms with Crippen molar-refractivity contribution in [2.24, 2.45) is 0 Å². The van der Waals surface area contributed by atoms with Gasteiger partial charge < -0.3 is 14.8 Å². The van der Waals surface area contributed by atoms with Crippen molar-refractivity contribution in [3.05, 3.63) is 77.4 Å². The second-order valence-corrected chi connectivity index (χ2v) is 9.25. The van der Waals surface area contributed by atoms with Crippen molar-refractivity contribution in [3.8, 4) is 11.5 Å². The number of benzene rings is 3. The van der Waals surface area contributed by atoms with Gasteiger partial charge in [-0.3, -0.25) is 9.52 Å². The highest BCUT2D eigenvalue weighted by Gasteiger charge is 2.18. The number of hydrogen-bond acceptors (Lipinski definition) is 5. The predicted molar refractivity (Wildman–Crippen MR) is 123 cm³/mol. The number of para-hydroxylation sites is 1. The van der Waals surface area contributed by atoms with E-state index in [-0.39, 0.29) is 10.8 Å². The van der Waals surface area contributed by atoms with Gasteiger partial charge in [-0.25, -0.2) is 8.42 Å². The Morgan fingerprint density at radius 1 is 0.875 bits per heavy atom. The lowest BCUT2D eigenvalue weighted by Gasteiger charge is -2.14. The molecule has 32 heavy (non-hydrogen) atoms. The highest BCUT2D eigenvalue weighted by Crippen LogP contribution is 2.31. The Balaban J connectivity index is 1.48. The first-order valence-corrected chi connectivity index (χ1v) is 11.7. The van der Waals surface area contributed by atoms with Crippen molar-refractivity contribution >= 4 is 27.3 Å². The van der Waals surface area contributed by atoms with Gasteiger partial charge in [0.15, 0.2) is 11.5 Å². The molecule has 1 heterocycles. The summed E-state index contributed by atoms with van der Waals surface area (Å²) in [6.45, 7) is 4.81. The van der Waals surface area contributed by atoms with Gasteiger partial charge in [0.1, 0.15) is 0 Å². The smallest absolute Gasteiger partial charge is 0.261 e. The van der Waals surface area contributed by atoms with Crippen molar-refractivity contribution in [3.63, 3.8) is 0 Å². The molecule has 0 fully saturated rings. The van der Waals surface area contributed by atoms with Gasteiger partial charge in [-0.1, -0.05) is 18.2 Å². The maximum absolute atomic E-state index is 12.8. The van der Waals surface area contributed by atoms with Crippen LogP contribution in [0.4, 0.5) is 11.4 Å². The third-order valence-electron chi connectivity index (χ3n) is 5.15. The summed E-state index contributed by atoms with van der Waals surface area (Å²) in [6, 6.07) is 16.6. The van der Waals surface area contributed by atoms with E-state index in [0.717, 1.165) is 17.5 Å². The van der Waals surface area contributed by atoms with E-state index < -0.39 is 10.0 Å². The molecule has 0 aromatic heterocycles. The minimum atomic E-state index is -3.76. The summed E-state index contributed by atoms with van der Waals surface area (Å²) in [5.41, 5.74) is 3.15. The lowest BCUT2D eigenvalue weighted by atomic mass is 10.1. The Bertz CT molecular complexity index is 1230. The first-order chi connectivity index (χ1) is 15.3. The highest BCUT2D eigenvalue weighted by atomic mass is 32.2. The molecular formula is C24H24N2O5S. The fourth-order valence-electron chi connectivity index (χ4n) is 3.39. The largest absolute Gasteiger partial charge is 0.490 e. The molecule has 3 aromatic rings. The van der Waals surface area contributed by atoms with Crippen molar-refractivity contribution in [1.82, 2.24) is 0 Å². The second-order valence-electron chi connectivity index (χ2n) is 7.56. The van der Waals surface area contributed by atoms with Crippen LogP contribution in [0.1, 0.15) is 27.9 Å². The molecule has 1 aliphatic rings. The van der Waals surface area contributed by atoms with E-state index in [2.05, 4.69) is 10.0 Å². The van der Waals surface area contributed by atoms with Crippen LogP contribution < -0.4 is 19.5 Å². The van der Waals surface area contributed by atoms with Crippen LogP contribution in [0, 0.1) is 13.8 Å². The zero-order valence-electron chi connectivity index (χ0n) is 17.8. The number of nitrogens with one attached hydrogen (secondary N) is 2. The number of fused-ring (bicyclic) bond motifs is 1. The standard InChI is InChI=1S/C24H24N2O5S/c1-16-5-3-6-17(2)23(16)26-32(28,29)20-10-8-19(9-11-20)25-24(27)18-7-12-21-22(15-18)31-14-4-13-30-21/h3,5-12,15,26H,4,13-14H2,1-2H3,(H,25,27). The number of carbonyl (C=O) groups excluding carboxylic acids is 1. The van der Waals surface area contributed by atoms with Crippen LogP contribution in [0.3, 0.4) is 0 Å². The summed E-state index contributed by atoms with van der Waals surface area (Å²) >= 11 is 0. The van der Waals surface area contributed by atoms with Crippen LogP contribution in [0.25, 0.3) is 0 Å². The topological polar surface area (TPSA) is 93.7 Å². The van der Waals surface area contributed by atoms with Crippen LogP contribution in [0.2, 0.25) is 0 Å². The number of amides is 1. The first kappa shape index (κ1) is 21.7. The maximum Gasteiger partial charge on any atom is 0.261 e.